The highest BCUT2D eigenvalue weighted by atomic mass is 16.7. The number of hydrogen-bond acceptors (Lipinski definition) is 5. The Morgan fingerprint density at radius 1 is 1.55 bits per heavy atom. The Balaban J connectivity index is 1.56. The van der Waals surface area contributed by atoms with Crippen molar-refractivity contribution in [2.75, 3.05) is 13.2 Å². The zero-order chi connectivity index (χ0) is 15.9. The first kappa shape index (κ1) is 14.8. The van der Waals surface area contributed by atoms with E-state index in [4.69, 9.17) is 4.84 Å². The molecule has 3 rings (SSSR count). The summed E-state index contributed by atoms with van der Waals surface area (Å²) in [7, 11) is 0. The van der Waals surface area contributed by atoms with Gasteiger partial charge in [-0.1, -0.05) is 6.08 Å². The average molecular weight is 310 g/mol. The van der Waals surface area contributed by atoms with Crippen LogP contribution in [0.2, 0.25) is 0 Å². The molecule has 3 atom stereocenters. The van der Waals surface area contributed by atoms with Gasteiger partial charge in [0.1, 0.15) is 6.04 Å². The van der Waals surface area contributed by atoms with E-state index in [1.165, 1.54) is 4.90 Å². The van der Waals surface area contributed by atoms with Crippen LogP contribution in [0.1, 0.15) is 19.8 Å². The first-order valence-corrected chi connectivity index (χ1v) is 7.15. The molecule has 22 heavy (non-hydrogen) atoms. The van der Waals surface area contributed by atoms with Crippen LogP contribution in [-0.4, -0.2) is 64.3 Å². The molecule has 2 saturated heterocycles. The van der Waals surface area contributed by atoms with Gasteiger partial charge in [0.25, 0.3) is 5.91 Å². The minimum atomic E-state index is -0.793. The maximum atomic E-state index is 12.2. The van der Waals surface area contributed by atoms with E-state index < -0.39 is 24.0 Å². The fourth-order valence-corrected chi connectivity index (χ4v) is 3.03. The zero-order valence-electron chi connectivity index (χ0n) is 12.1. The number of rotatable bonds is 4. The maximum absolute atomic E-state index is 12.2. The number of carbonyl (C=O) groups is 3. The number of amides is 4. The highest BCUT2D eigenvalue weighted by Crippen LogP contribution is 2.27. The number of hydrogen-bond donors (Lipinski definition) is 3. The van der Waals surface area contributed by atoms with Gasteiger partial charge >= 0.3 is 6.03 Å². The molecule has 3 aliphatic rings. The molecule has 0 spiro atoms. The number of urea groups is 1. The summed E-state index contributed by atoms with van der Waals surface area (Å²) in [6.07, 6.45) is 2.83. The number of hydroxylamine groups is 3. The maximum Gasteiger partial charge on any atom is 0.345 e. The third kappa shape index (κ3) is 2.53. The van der Waals surface area contributed by atoms with Gasteiger partial charge in [0.15, 0.2) is 0 Å². The lowest BCUT2D eigenvalue weighted by atomic mass is 10.0. The Bertz CT molecular complexity index is 549. The lowest BCUT2D eigenvalue weighted by Gasteiger charge is -2.28. The first-order valence-electron chi connectivity index (χ1n) is 7.15. The molecule has 2 fully saturated rings. The molecule has 0 aliphatic carbocycles. The van der Waals surface area contributed by atoms with Crippen molar-refractivity contribution in [3.63, 3.8) is 0 Å². The fourth-order valence-electron chi connectivity index (χ4n) is 3.03. The smallest absolute Gasteiger partial charge is 0.345 e. The van der Waals surface area contributed by atoms with Crippen molar-refractivity contribution in [1.82, 2.24) is 20.8 Å². The standard InChI is InChI=1S/C13H18N4O5/c1-7-4-9-5-16(13(20)17(9)21)11(7)12(19)15-22-6-8-2-3-10(18)14-8/h4,8-9,11,21H,2-3,5-6H2,1H3,(H,14,18)(H,15,19)/t8?,9-,11+/m1/s1. The third-order valence-corrected chi connectivity index (χ3v) is 4.13. The summed E-state index contributed by atoms with van der Waals surface area (Å²) in [6.45, 7) is 2.17. The third-order valence-electron chi connectivity index (χ3n) is 4.13. The Morgan fingerprint density at radius 2 is 2.32 bits per heavy atom. The van der Waals surface area contributed by atoms with E-state index in [2.05, 4.69) is 10.8 Å². The minimum Gasteiger partial charge on any atom is -0.351 e. The Hall–Kier alpha value is -2.13. The van der Waals surface area contributed by atoms with E-state index >= 15 is 0 Å². The van der Waals surface area contributed by atoms with Crippen molar-refractivity contribution in [2.45, 2.75) is 37.9 Å². The summed E-state index contributed by atoms with van der Waals surface area (Å²) < 4.78 is 0. The molecule has 0 aromatic heterocycles. The Labute approximate surface area is 126 Å². The van der Waals surface area contributed by atoms with E-state index in [-0.39, 0.29) is 25.1 Å². The Kier molecular flexibility index (Phi) is 3.75. The Morgan fingerprint density at radius 3 is 3.00 bits per heavy atom. The zero-order valence-corrected chi connectivity index (χ0v) is 12.1. The van der Waals surface area contributed by atoms with Gasteiger partial charge in [0.05, 0.1) is 25.2 Å². The topological polar surface area (TPSA) is 111 Å². The quantitative estimate of drug-likeness (QED) is 0.355. The van der Waals surface area contributed by atoms with E-state index in [1.54, 1.807) is 13.0 Å². The number of fused-ring (bicyclic) bond motifs is 2. The van der Waals surface area contributed by atoms with Gasteiger partial charge in [-0.3, -0.25) is 19.6 Å². The molecule has 0 radical (unpaired) electrons. The van der Waals surface area contributed by atoms with Gasteiger partial charge in [-0.15, -0.1) is 0 Å². The molecule has 0 aromatic carbocycles. The largest absolute Gasteiger partial charge is 0.351 e. The second-order valence-corrected chi connectivity index (χ2v) is 5.74. The van der Waals surface area contributed by atoms with E-state index in [9.17, 15) is 19.6 Å². The molecule has 9 heteroatoms. The predicted octanol–water partition coefficient (Wildman–Crippen LogP) is -0.863. The summed E-state index contributed by atoms with van der Waals surface area (Å²) in [5.41, 5.74) is 2.99. The van der Waals surface area contributed by atoms with Crippen LogP contribution in [0.25, 0.3) is 0 Å². The van der Waals surface area contributed by atoms with Crippen molar-refractivity contribution < 1.29 is 24.4 Å². The molecule has 9 nitrogen and oxygen atoms in total. The average Bonchev–Trinajstić information content (AvgIpc) is 2.98. The molecule has 1 unspecified atom stereocenters. The molecule has 3 heterocycles. The van der Waals surface area contributed by atoms with Gasteiger partial charge in [0.2, 0.25) is 5.91 Å². The first-order chi connectivity index (χ1) is 10.5. The van der Waals surface area contributed by atoms with Crippen molar-refractivity contribution >= 4 is 17.8 Å². The molecule has 4 amide bonds. The number of nitrogens with zero attached hydrogens (tertiary/aromatic N) is 2. The summed E-state index contributed by atoms with van der Waals surface area (Å²) in [6, 6.07) is -1.91. The predicted molar refractivity (Wildman–Crippen MR) is 72.3 cm³/mol. The monoisotopic (exact) mass is 310 g/mol. The van der Waals surface area contributed by atoms with Crippen molar-refractivity contribution in [3.8, 4) is 0 Å². The number of carbonyl (C=O) groups excluding carboxylic acids is 3. The molecule has 0 aromatic rings. The summed E-state index contributed by atoms with van der Waals surface area (Å²) in [5.74, 6) is -0.497. The second kappa shape index (κ2) is 5.58. The normalized spacial score (nSPS) is 30.5. The van der Waals surface area contributed by atoms with Crippen LogP contribution in [0.3, 0.4) is 0 Å². The van der Waals surface area contributed by atoms with Crippen LogP contribution in [0.5, 0.6) is 0 Å². The van der Waals surface area contributed by atoms with Gasteiger partial charge < -0.3 is 10.2 Å². The lowest BCUT2D eigenvalue weighted by Crippen LogP contribution is -2.50. The molecular formula is C13H18N4O5. The van der Waals surface area contributed by atoms with Gasteiger partial charge in [-0.05, 0) is 18.9 Å². The molecular weight excluding hydrogens is 292 g/mol. The van der Waals surface area contributed by atoms with Gasteiger partial charge in [0, 0.05) is 6.42 Å². The molecule has 3 N–H and O–H groups in total. The van der Waals surface area contributed by atoms with Crippen LogP contribution in [0.15, 0.2) is 11.6 Å². The van der Waals surface area contributed by atoms with E-state index in [1.807, 2.05) is 0 Å². The van der Waals surface area contributed by atoms with Crippen LogP contribution in [0.4, 0.5) is 4.79 Å². The highest BCUT2D eigenvalue weighted by Gasteiger charge is 2.46. The SMILES string of the molecule is CC1=C[C@@H]2CN(C(=O)N2O)[C@@H]1C(=O)NOCC1CCC(=O)N1. The molecule has 0 saturated carbocycles. The van der Waals surface area contributed by atoms with Crippen LogP contribution in [-0.2, 0) is 14.4 Å². The van der Waals surface area contributed by atoms with Crippen LogP contribution >= 0.6 is 0 Å². The highest BCUT2D eigenvalue weighted by molar-refractivity contribution is 5.91. The van der Waals surface area contributed by atoms with Crippen molar-refractivity contribution in [1.29, 1.82) is 0 Å². The lowest BCUT2D eigenvalue weighted by molar-refractivity contribution is -0.137. The van der Waals surface area contributed by atoms with Crippen LogP contribution in [0, 0.1) is 0 Å². The van der Waals surface area contributed by atoms with Gasteiger partial charge in [-0.2, -0.15) is 5.06 Å². The van der Waals surface area contributed by atoms with Crippen LogP contribution < -0.4 is 10.8 Å². The minimum absolute atomic E-state index is 0.0253. The molecule has 120 valence electrons. The molecule has 3 aliphatic heterocycles. The van der Waals surface area contributed by atoms with Crippen molar-refractivity contribution in [3.05, 3.63) is 11.6 Å². The molecule has 2 bridgehead atoms. The summed E-state index contributed by atoms with van der Waals surface area (Å²) in [5, 5.41) is 13.0. The second-order valence-electron chi connectivity index (χ2n) is 5.74. The van der Waals surface area contributed by atoms with Crippen molar-refractivity contribution in [2.24, 2.45) is 0 Å². The van der Waals surface area contributed by atoms with Gasteiger partial charge in [-0.25, -0.2) is 10.3 Å². The summed E-state index contributed by atoms with van der Waals surface area (Å²) >= 11 is 0. The van der Waals surface area contributed by atoms with E-state index in [0.29, 0.717) is 23.5 Å². The summed E-state index contributed by atoms with van der Waals surface area (Å²) in [4.78, 5) is 41.6. The fraction of sp³-hybridized carbons (Fsp3) is 0.615. The van der Waals surface area contributed by atoms with E-state index in [0.717, 1.165) is 0 Å². The number of nitrogens with one attached hydrogen (secondary N) is 2.